The fraction of sp³-hybridized carbons (Fsp3) is 0.727. The lowest BCUT2D eigenvalue weighted by molar-refractivity contribution is 0.226. The third-order valence-electron chi connectivity index (χ3n) is 4.79. The Morgan fingerprint density at radius 2 is 2.14 bits per heavy atom. The van der Waals surface area contributed by atoms with Gasteiger partial charge in [0.25, 0.3) is 0 Å². The van der Waals surface area contributed by atoms with Crippen molar-refractivity contribution in [3.63, 3.8) is 0 Å². The highest BCUT2D eigenvalue weighted by atomic mass is 15.3. The van der Waals surface area contributed by atoms with E-state index in [-0.39, 0.29) is 5.41 Å². The Labute approximate surface area is 83.9 Å². The van der Waals surface area contributed by atoms with Gasteiger partial charge in [0.05, 0.1) is 11.9 Å². The summed E-state index contributed by atoms with van der Waals surface area (Å²) in [7, 11) is 0. The van der Waals surface area contributed by atoms with Crippen molar-refractivity contribution < 1.29 is 0 Å². The van der Waals surface area contributed by atoms with Crippen molar-refractivity contribution in [2.45, 2.75) is 44.9 Å². The van der Waals surface area contributed by atoms with E-state index in [1.165, 1.54) is 24.1 Å². The zero-order valence-electron chi connectivity index (χ0n) is 8.91. The van der Waals surface area contributed by atoms with Crippen LogP contribution in [0.25, 0.3) is 0 Å². The van der Waals surface area contributed by atoms with Crippen LogP contribution in [0, 0.1) is 5.41 Å². The highest BCUT2D eigenvalue weighted by Crippen LogP contribution is 2.66. The first-order valence-electron chi connectivity index (χ1n) is 5.26. The average molecular weight is 189 g/mol. The van der Waals surface area contributed by atoms with Crippen LogP contribution in [0.1, 0.15) is 50.8 Å². The molecule has 0 amide bonds. The van der Waals surface area contributed by atoms with Crippen molar-refractivity contribution >= 4 is 0 Å². The molecule has 2 bridgehead atoms. The van der Waals surface area contributed by atoms with Gasteiger partial charge in [0, 0.05) is 5.41 Å². The molecule has 74 valence electrons. The summed E-state index contributed by atoms with van der Waals surface area (Å²) in [4.78, 5) is 0. The predicted molar refractivity (Wildman–Crippen MR) is 52.9 cm³/mol. The molecule has 1 saturated carbocycles. The molecule has 0 saturated heterocycles. The molecule has 0 radical (unpaired) electrons. The number of fused-ring (bicyclic) bond motifs is 5. The Hall–Kier alpha value is -0.990. The van der Waals surface area contributed by atoms with Gasteiger partial charge in [0.2, 0.25) is 0 Å². The van der Waals surface area contributed by atoms with Crippen molar-refractivity contribution in [2.75, 3.05) is 0 Å². The van der Waals surface area contributed by atoms with Crippen molar-refractivity contribution in [3.8, 4) is 0 Å². The van der Waals surface area contributed by atoms with Gasteiger partial charge in [-0.25, -0.2) is 0 Å². The lowest BCUT2D eigenvalue weighted by atomic mass is 9.70. The summed E-state index contributed by atoms with van der Waals surface area (Å²) in [5.41, 5.74) is 3.10. The zero-order chi connectivity index (χ0) is 9.97. The Kier molecular flexibility index (Phi) is 1.28. The lowest BCUT2D eigenvalue weighted by Gasteiger charge is -2.33. The van der Waals surface area contributed by atoms with E-state index in [4.69, 9.17) is 0 Å². The molecule has 0 aliphatic heterocycles. The predicted octanol–water partition coefficient (Wildman–Crippen LogP) is 2.05. The minimum atomic E-state index is 0.225. The minimum absolute atomic E-state index is 0.225. The van der Waals surface area contributed by atoms with Crippen LogP contribution in [0.5, 0.6) is 0 Å². The van der Waals surface area contributed by atoms with Crippen LogP contribution < -0.4 is 0 Å². The molecule has 2 atom stereocenters. The molecule has 1 aromatic rings. The second-order valence-corrected chi connectivity index (χ2v) is 5.38. The van der Waals surface area contributed by atoms with E-state index in [0.717, 1.165) is 0 Å². The quantitative estimate of drug-likeness (QED) is 0.627. The van der Waals surface area contributed by atoms with E-state index >= 15 is 0 Å². The van der Waals surface area contributed by atoms with E-state index in [1.807, 2.05) is 6.20 Å². The third-order valence-corrected chi connectivity index (χ3v) is 4.79. The summed E-state index contributed by atoms with van der Waals surface area (Å²) in [6.45, 7) is 7.03. The summed E-state index contributed by atoms with van der Waals surface area (Å²) >= 11 is 0. The maximum Gasteiger partial charge on any atom is 0.0764 e. The molecule has 0 spiro atoms. The molecule has 3 rings (SSSR count). The first-order chi connectivity index (χ1) is 6.57. The van der Waals surface area contributed by atoms with E-state index in [1.54, 1.807) is 0 Å². The van der Waals surface area contributed by atoms with Crippen LogP contribution in [0.2, 0.25) is 0 Å². The highest BCUT2D eigenvalue weighted by Gasteiger charge is 2.60. The Bertz CT molecular complexity index is 399. The summed E-state index contributed by atoms with van der Waals surface area (Å²) in [6, 6.07) is 0. The normalized spacial score (nSPS) is 37.2. The number of hydrogen-bond acceptors (Lipinski definition) is 3. The van der Waals surface area contributed by atoms with Crippen LogP contribution in [-0.4, -0.2) is 15.4 Å². The van der Waals surface area contributed by atoms with Gasteiger partial charge in [0.1, 0.15) is 0 Å². The monoisotopic (exact) mass is 189 g/mol. The van der Waals surface area contributed by atoms with Crippen molar-refractivity contribution in [1.29, 1.82) is 0 Å². The van der Waals surface area contributed by atoms with Gasteiger partial charge in [-0.15, -0.1) is 10.2 Å². The topological polar surface area (TPSA) is 38.7 Å². The zero-order valence-corrected chi connectivity index (χ0v) is 8.91. The average Bonchev–Trinajstić information content (AvgIpc) is 2.49. The smallest absolute Gasteiger partial charge is 0.0764 e. The SMILES string of the molecule is CC1(C)[C@@H]2CC[C@@]1(C)c1nnncc12. The third kappa shape index (κ3) is 0.656. The molecule has 1 fully saturated rings. The molecule has 2 aliphatic carbocycles. The second-order valence-electron chi connectivity index (χ2n) is 5.38. The summed E-state index contributed by atoms with van der Waals surface area (Å²) < 4.78 is 0. The Morgan fingerprint density at radius 3 is 2.86 bits per heavy atom. The second kappa shape index (κ2) is 2.15. The summed E-state index contributed by atoms with van der Waals surface area (Å²) in [5, 5.41) is 11.9. The van der Waals surface area contributed by atoms with Crippen molar-refractivity contribution in [1.82, 2.24) is 15.4 Å². The van der Waals surface area contributed by atoms with Gasteiger partial charge in [-0.2, -0.15) is 0 Å². The van der Waals surface area contributed by atoms with E-state index in [9.17, 15) is 0 Å². The van der Waals surface area contributed by atoms with Gasteiger partial charge >= 0.3 is 0 Å². The molecule has 3 nitrogen and oxygen atoms in total. The van der Waals surface area contributed by atoms with Gasteiger partial charge < -0.3 is 0 Å². The van der Waals surface area contributed by atoms with Crippen molar-refractivity contribution in [2.24, 2.45) is 5.41 Å². The maximum absolute atomic E-state index is 4.25. The van der Waals surface area contributed by atoms with Crippen LogP contribution in [0.4, 0.5) is 0 Å². The van der Waals surface area contributed by atoms with Crippen LogP contribution >= 0.6 is 0 Å². The Morgan fingerprint density at radius 1 is 1.36 bits per heavy atom. The minimum Gasteiger partial charge on any atom is -0.138 e. The molecule has 0 N–H and O–H groups in total. The number of aromatic nitrogens is 3. The molecular weight excluding hydrogens is 174 g/mol. The van der Waals surface area contributed by atoms with Crippen molar-refractivity contribution in [3.05, 3.63) is 17.5 Å². The molecule has 0 aromatic carbocycles. The van der Waals surface area contributed by atoms with Gasteiger partial charge in [-0.3, -0.25) is 0 Å². The number of hydrogen-bond donors (Lipinski definition) is 0. The van der Waals surface area contributed by atoms with E-state index in [2.05, 4.69) is 36.2 Å². The highest BCUT2D eigenvalue weighted by molar-refractivity contribution is 5.42. The van der Waals surface area contributed by atoms with Gasteiger partial charge in [-0.1, -0.05) is 20.8 Å². The fourth-order valence-electron chi connectivity index (χ4n) is 3.43. The molecule has 14 heavy (non-hydrogen) atoms. The molecule has 2 aliphatic rings. The lowest BCUT2D eigenvalue weighted by Crippen LogP contribution is -2.32. The van der Waals surface area contributed by atoms with Crippen LogP contribution in [0.3, 0.4) is 0 Å². The number of rotatable bonds is 0. The van der Waals surface area contributed by atoms with E-state index < -0.39 is 0 Å². The summed E-state index contributed by atoms with van der Waals surface area (Å²) in [6.07, 6.45) is 4.44. The fourth-order valence-corrected chi connectivity index (χ4v) is 3.43. The molecule has 1 heterocycles. The van der Waals surface area contributed by atoms with Crippen LogP contribution in [0.15, 0.2) is 6.20 Å². The first kappa shape index (κ1) is 8.33. The molecule has 1 aromatic heterocycles. The first-order valence-corrected chi connectivity index (χ1v) is 5.26. The maximum atomic E-state index is 4.25. The largest absolute Gasteiger partial charge is 0.138 e. The van der Waals surface area contributed by atoms with Gasteiger partial charge in [0.15, 0.2) is 0 Å². The van der Waals surface area contributed by atoms with Crippen LogP contribution in [-0.2, 0) is 5.41 Å². The summed E-state index contributed by atoms with van der Waals surface area (Å²) in [5.74, 6) is 0.644. The molecule has 0 unspecified atom stereocenters. The van der Waals surface area contributed by atoms with E-state index in [0.29, 0.717) is 11.3 Å². The standard InChI is InChI=1S/C11H15N3/c1-10(2)8-4-5-11(10,3)9-7(8)6-12-14-13-9/h6,8H,4-5H2,1-3H3/t8-,11+/m1/s1. The van der Waals surface area contributed by atoms with Gasteiger partial charge in [-0.05, 0) is 35.0 Å². The Balaban J connectivity index is 2.31. The molecule has 3 heteroatoms. The number of nitrogens with zero attached hydrogens (tertiary/aromatic N) is 3. The molecular formula is C11H15N3.